The normalized spacial score (nSPS) is 14.1. The highest BCUT2D eigenvalue weighted by Crippen LogP contribution is 2.33. The van der Waals surface area contributed by atoms with Gasteiger partial charge < -0.3 is 19.9 Å². The van der Waals surface area contributed by atoms with Crippen LogP contribution in [-0.2, 0) is 9.59 Å². The van der Waals surface area contributed by atoms with E-state index in [1.807, 2.05) is 24.8 Å². The smallest absolute Gasteiger partial charge is 0.248 e. The molecule has 1 fully saturated rings. The lowest BCUT2D eigenvalue weighted by molar-refractivity contribution is -0.132. The molecule has 0 aromatic heterocycles. The molecule has 1 heterocycles. The number of piperazine rings is 1. The van der Waals surface area contributed by atoms with Gasteiger partial charge in [-0.25, -0.2) is 0 Å². The van der Waals surface area contributed by atoms with E-state index < -0.39 is 0 Å². The molecular formula is C25H28Cl3N3O3. The van der Waals surface area contributed by atoms with Gasteiger partial charge in [0.1, 0.15) is 5.75 Å². The number of carbonyl (C=O) groups is 2. The summed E-state index contributed by atoms with van der Waals surface area (Å²) in [7, 11) is 1.50. The molecule has 0 atom stereocenters. The van der Waals surface area contributed by atoms with Gasteiger partial charge in [-0.15, -0.1) is 0 Å². The van der Waals surface area contributed by atoms with Gasteiger partial charge in [0.2, 0.25) is 11.8 Å². The average Bonchev–Trinajstić information content (AvgIpc) is 2.77. The fourth-order valence-electron chi connectivity index (χ4n) is 3.79. The molecule has 0 aliphatic carbocycles. The van der Waals surface area contributed by atoms with Crippen molar-refractivity contribution in [3.05, 3.63) is 57.0 Å². The molecule has 2 aromatic rings. The Morgan fingerprint density at radius 2 is 1.76 bits per heavy atom. The molecule has 1 N–H and O–H groups in total. The lowest BCUT2D eigenvalue weighted by atomic mass is 10.1. The van der Waals surface area contributed by atoms with Gasteiger partial charge in [0.25, 0.3) is 0 Å². The molecule has 0 unspecified atom stereocenters. The number of rotatable bonds is 7. The van der Waals surface area contributed by atoms with Crippen molar-refractivity contribution in [3.8, 4) is 5.75 Å². The molecule has 1 saturated heterocycles. The van der Waals surface area contributed by atoms with Crippen molar-refractivity contribution >= 4 is 64.1 Å². The number of nitrogens with one attached hydrogen (secondary N) is 1. The third-order valence-electron chi connectivity index (χ3n) is 5.43. The van der Waals surface area contributed by atoms with Crippen LogP contribution in [0.1, 0.15) is 25.8 Å². The number of anilines is 2. The van der Waals surface area contributed by atoms with Crippen molar-refractivity contribution in [2.45, 2.75) is 20.3 Å². The minimum Gasteiger partial charge on any atom is -0.495 e. The van der Waals surface area contributed by atoms with Crippen molar-refractivity contribution in [3.63, 3.8) is 0 Å². The molecule has 9 heteroatoms. The van der Waals surface area contributed by atoms with Gasteiger partial charge in [0.05, 0.1) is 22.8 Å². The van der Waals surface area contributed by atoms with Gasteiger partial charge in [-0.1, -0.05) is 48.7 Å². The molecule has 6 nitrogen and oxygen atoms in total. The SMILES string of the molecule is COc1c(Cl)cc(Cl)cc1/C=C/C(=O)Nc1ccc(N2CCN(C(=O)CC(C)C)CC2)c(Cl)c1. The zero-order chi connectivity index (χ0) is 24.8. The second-order valence-electron chi connectivity index (χ2n) is 8.46. The predicted molar refractivity (Wildman–Crippen MR) is 140 cm³/mol. The van der Waals surface area contributed by atoms with Crippen LogP contribution in [0.3, 0.4) is 0 Å². The number of ether oxygens (including phenoxy) is 1. The summed E-state index contributed by atoms with van der Waals surface area (Å²) in [6, 6.07) is 8.65. The lowest BCUT2D eigenvalue weighted by Gasteiger charge is -2.36. The van der Waals surface area contributed by atoms with E-state index in [-0.39, 0.29) is 11.8 Å². The molecule has 0 radical (unpaired) electrons. The van der Waals surface area contributed by atoms with E-state index in [0.29, 0.717) is 70.6 Å². The molecule has 2 aromatic carbocycles. The van der Waals surface area contributed by atoms with Crippen molar-refractivity contribution in [2.24, 2.45) is 5.92 Å². The second-order valence-corrected chi connectivity index (χ2v) is 9.72. The van der Waals surface area contributed by atoms with Crippen molar-refractivity contribution in [1.82, 2.24) is 4.90 Å². The lowest BCUT2D eigenvalue weighted by Crippen LogP contribution is -2.49. The maximum atomic E-state index is 12.4. The van der Waals surface area contributed by atoms with Gasteiger partial charge >= 0.3 is 0 Å². The fourth-order valence-corrected chi connectivity index (χ4v) is 4.67. The van der Waals surface area contributed by atoms with Gasteiger partial charge in [-0.05, 0) is 42.3 Å². The fraction of sp³-hybridized carbons (Fsp3) is 0.360. The molecule has 34 heavy (non-hydrogen) atoms. The predicted octanol–water partition coefficient (Wildman–Crippen LogP) is 6.00. The number of hydrogen-bond acceptors (Lipinski definition) is 4. The summed E-state index contributed by atoms with van der Waals surface area (Å²) in [5.74, 6) is 0.653. The Hall–Kier alpha value is -2.41. The van der Waals surface area contributed by atoms with Crippen LogP contribution in [0.15, 0.2) is 36.4 Å². The Morgan fingerprint density at radius 1 is 1.06 bits per heavy atom. The topological polar surface area (TPSA) is 61.9 Å². The molecule has 1 aliphatic rings. The molecule has 0 spiro atoms. The maximum Gasteiger partial charge on any atom is 0.248 e. The van der Waals surface area contributed by atoms with Crippen LogP contribution in [-0.4, -0.2) is 50.0 Å². The highest BCUT2D eigenvalue weighted by molar-refractivity contribution is 6.36. The zero-order valence-corrected chi connectivity index (χ0v) is 21.7. The summed E-state index contributed by atoms with van der Waals surface area (Å²) in [6.07, 6.45) is 3.53. The van der Waals surface area contributed by atoms with E-state index in [1.54, 1.807) is 30.3 Å². The van der Waals surface area contributed by atoms with Gasteiger partial charge in [0.15, 0.2) is 0 Å². The van der Waals surface area contributed by atoms with E-state index in [1.165, 1.54) is 13.2 Å². The zero-order valence-electron chi connectivity index (χ0n) is 19.4. The highest BCUT2D eigenvalue weighted by atomic mass is 35.5. The Balaban J connectivity index is 1.61. The van der Waals surface area contributed by atoms with E-state index in [0.717, 1.165) is 5.69 Å². The van der Waals surface area contributed by atoms with E-state index >= 15 is 0 Å². The van der Waals surface area contributed by atoms with Gasteiger partial charge in [-0.2, -0.15) is 0 Å². The van der Waals surface area contributed by atoms with Gasteiger partial charge in [0, 0.05) is 54.9 Å². The Morgan fingerprint density at radius 3 is 2.38 bits per heavy atom. The van der Waals surface area contributed by atoms with E-state index in [2.05, 4.69) is 10.2 Å². The van der Waals surface area contributed by atoms with Gasteiger partial charge in [-0.3, -0.25) is 9.59 Å². The minimum absolute atomic E-state index is 0.199. The molecule has 2 amide bonds. The summed E-state index contributed by atoms with van der Waals surface area (Å²) in [5, 5.41) is 4.14. The molecule has 182 valence electrons. The summed E-state index contributed by atoms with van der Waals surface area (Å²) in [5.41, 5.74) is 2.05. The maximum absolute atomic E-state index is 12.4. The molecular weight excluding hydrogens is 497 g/mol. The van der Waals surface area contributed by atoms with Crippen molar-refractivity contribution < 1.29 is 14.3 Å². The first-order chi connectivity index (χ1) is 16.2. The molecule has 1 aliphatic heterocycles. The molecule has 0 bridgehead atoms. The van der Waals surface area contributed by atoms with Crippen LogP contribution >= 0.6 is 34.8 Å². The van der Waals surface area contributed by atoms with Crippen LogP contribution in [0, 0.1) is 5.92 Å². The summed E-state index contributed by atoms with van der Waals surface area (Å²) in [6.45, 7) is 6.86. The van der Waals surface area contributed by atoms with E-state index in [4.69, 9.17) is 39.5 Å². The number of hydrogen-bond donors (Lipinski definition) is 1. The second kappa shape index (κ2) is 11.8. The van der Waals surface area contributed by atoms with Crippen molar-refractivity contribution in [2.75, 3.05) is 43.5 Å². The van der Waals surface area contributed by atoms with Crippen LogP contribution in [0.5, 0.6) is 5.75 Å². The van der Waals surface area contributed by atoms with Crippen LogP contribution in [0.4, 0.5) is 11.4 Å². The number of amides is 2. The number of halogens is 3. The Kier molecular flexibility index (Phi) is 9.11. The van der Waals surface area contributed by atoms with E-state index in [9.17, 15) is 9.59 Å². The third-order valence-corrected chi connectivity index (χ3v) is 6.23. The summed E-state index contributed by atoms with van der Waals surface area (Å²) >= 11 is 18.7. The number of nitrogens with zero attached hydrogens (tertiary/aromatic N) is 2. The highest BCUT2D eigenvalue weighted by Gasteiger charge is 2.23. The van der Waals surface area contributed by atoms with Crippen LogP contribution in [0.25, 0.3) is 6.08 Å². The molecule has 3 rings (SSSR count). The third kappa shape index (κ3) is 6.81. The van der Waals surface area contributed by atoms with Crippen LogP contribution in [0.2, 0.25) is 15.1 Å². The molecule has 0 saturated carbocycles. The Bertz CT molecular complexity index is 1080. The largest absolute Gasteiger partial charge is 0.495 e. The number of carbonyl (C=O) groups excluding carboxylic acids is 2. The number of methoxy groups -OCH3 is 1. The first kappa shape index (κ1) is 26.2. The number of benzene rings is 2. The summed E-state index contributed by atoms with van der Waals surface area (Å²) in [4.78, 5) is 28.8. The minimum atomic E-state index is -0.334. The monoisotopic (exact) mass is 523 g/mol. The quantitative estimate of drug-likeness (QED) is 0.451. The summed E-state index contributed by atoms with van der Waals surface area (Å²) < 4.78 is 5.29. The van der Waals surface area contributed by atoms with Crippen LogP contribution < -0.4 is 15.0 Å². The average molecular weight is 525 g/mol. The Labute approximate surface area is 215 Å². The first-order valence-corrected chi connectivity index (χ1v) is 12.2. The van der Waals surface area contributed by atoms with Crippen molar-refractivity contribution in [1.29, 1.82) is 0 Å². The first-order valence-electron chi connectivity index (χ1n) is 11.0. The standard InChI is InChI=1S/C25H28Cl3N3O3/c1-16(2)12-24(33)31-10-8-30(9-11-31)22-6-5-19(15-20(22)27)29-23(32)7-4-17-13-18(26)14-21(28)25(17)34-3/h4-7,13-16H,8-12H2,1-3H3,(H,29,32)/b7-4+.